The van der Waals surface area contributed by atoms with Crippen molar-refractivity contribution in [3.05, 3.63) is 61.0 Å². The zero-order chi connectivity index (χ0) is 22.7. The van der Waals surface area contributed by atoms with Crippen molar-refractivity contribution < 1.29 is 9.47 Å². The van der Waals surface area contributed by atoms with Crippen LogP contribution in [0.4, 0.5) is 0 Å². The van der Waals surface area contributed by atoms with Gasteiger partial charge in [-0.3, -0.25) is 23.7 Å². The van der Waals surface area contributed by atoms with Crippen LogP contribution < -0.4 is 26.3 Å². The number of hydrogen-bond donors (Lipinski definition) is 1. The summed E-state index contributed by atoms with van der Waals surface area (Å²) in [5, 5.41) is 0. The van der Waals surface area contributed by atoms with Gasteiger partial charge in [0.25, 0.3) is 17.1 Å². The highest BCUT2D eigenvalue weighted by Gasteiger charge is 2.21. The number of para-hydroxylation sites is 1. The molecular formula is C23H28N4O5. The summed E-state index contributed by atoms with van der Waals surface area (Å²) in [5.41, 5.74) is -0.666. The Morgan fingerprint density at radius 3 is 2.59 bits per heavy atom. The Morgan fingerprint density at radius 2 is 1.88 bits per heavy atom. The molecule has 1 fully saturated rings. The Hall–Kier alpha value is -3.36. The topological polar surface area (TPSA) is 108 Å². The van der Waals surface area contributed by atoms with E-state index < -0.39 is 16.8 Å². The summed E-state index contributed by atoms with van der Waals surface area (Å²) < 4.78 is 13.7. The van der Waals surface area contributed by atoms with E-state index in [1.807, 2.05) is 31.2 Å². The molecule has 0 unspecified atom stereocenters. The molecule has 170 valence electrons. The molecule has 0 aliphatic heterocycles. The monoisotopic (exact) mass is 440 g/mol. The molecule has 2 aromatic heterocycles. The summed E-state index contributed by atoms with van der Waals surface area (Å²) >= 11 is 0. The Balaban J connectivity index is 1.48. The van der Waals surface area contributed by atoms with Gasteiger partial charge >= 0.3 is 5.69 Å². The van der Waals surface area contributed by atoms with Gasteiger partial charge in [-0.1, -0.05) is 37.5 Å². The molecule has 1 N–H and O–H groups in total. The number of aryl methyl sites for hydroxylation is 2. The van der Waals surface area contributed by atoms with Gasteiger partial charge in [-0.05, 0) is 30.9 Å². The molecule has 0 amide bonds. The number of ether oxygens (including phenoxy) is 2. The van der Waals surface area contributed by atoms with Gasteiger partial charge in [0.05, 0.1) is 13.2 Å². The molecular weight excluding hydrogens is 412 g/mol. The van der Waals surface area contributed by atoms with E-state index in [1.165, 1.54) is 18.0 Å². The Bertz CT molecular complexity index is 1290. The second-order valence-corrected chi connectivity index (χ2v) is 8.27. The van der Waals surface area contributed by atoms with Crippen molar-refractivity contribution in [3.63, 3.8) is 0 Å². The molecule has 0 bridgehead atoms. The third-order valence-corrected chi connectivity index (χ3v) is 6.03. The van der Waals surface area contributed by atoms with Crippen LogP contribution in [0.1, 0.15) is 37.7 Å². The molecule has 32 heavy (non-hydrogen) atoms. The van der Waals surface area contributed by atoms with Crippen molar-refractivity contribution in [2.75, 3.05) is 13.2 Å². The van der Waals surface area contributed by atoms with Crippen molar-refractivity contribution in [3.8, 4) is 11.8 Å². The second-order valence-electron chi connectivity index (χ2n) is 8.27. The lowest BCUT2D eigenvalue weighted by Crippen LogP contribution is -2.41. The van der Waals surface area contributed by atoms with Gasteiger partial charge in [0, 0.05) is 20.0 Å². The second kappa shape index (κ2) is 9.42. The maximum Gasteiger partial charge on any atom is 0.331 e. The number of H-pyrrole nitrogens is 1. The highest BCUT2D eigenvalue weighted by molar-refractivity contribution is 5.72. The predicted molar refractivity (Wildman–Crippen MR) is 121 cm³/mol. The summed E-state index contributed by atoms with van der Waals surface area (Å²) in [7, 11) is 1.40. The normalized spacial score (nSPS) is 13.8. The minimum Gasteiger partial charge on any atom is -0.493 e. The van der Waals surface area contributed by atoms with E-state index in [0.717, 1.165) is 35.1 Å². The highest BCUT2D eigenvalue weighted by atomic mass is 16.5. The number of rotatable bonds is 9. The van der Waals surface area contributed by atoms with Gasteiger partial charge in [0.2, 0.25) is 0 Å². The quantitative estimate of drug-likeness (QED) is 0.511. The zero-order valence-electron chi connectivity index (χ0n) is 18.4. The molecule has 2 heterocycles. The zero-order valence-corrected chi connectivity index (χ0v) is 18.4. The van der Waals surface area contributed by atoms with E-state index in [0.29, 0.717) is 25.5 Å². The smallest absolute Gasteiger partial charge is 0.331 e. The van der Waals surface area contributed by atoms with Crippen LogP contribution in [-0.4, -0.2) is 32.3 Å². The highest BCUT2D eigenvalue weighted by Crippen LogP contribution is 2.29. The summed E-state index contributed by atoms with van der Waals surface area (Å²) in [6, 6.07) is 7.69. The van der Waals surface area contributed by atoms with Gasteiger partial charge in [-0.15, -0.1) is 0 Å². The summed E-state index contributed by atoms with van der Waals surface area (Å²) in [4.78, 5) is 44.8. The van der Waals surface area contributed by atoms with Crippen LogP contribution in [-0.2, 0) is 13.6 Å². The molecule has 9 nitrogen and oxygen atoms in total. The fourth-order valence-corrected chi connectivity index (χ4v) is 3.87. The van der Waals surface area contributed by atoms with Crippen LogP contribution in [0, 0.1) is 12.8 Å². The van der Waals surface area contributed by atoms with Crippen molar-refractivity contribution in [1.29, 1.82) is 0 Å². The third-order valence-electron chi connectivity index (χ3n) is 6.03. The van der Waals surface area contributed by atoms with E-state index in [4.69, 9.17) is 9.47 Å². The number of hydrogen-bond acceptors (Lipinski definition) is 6. The lowest BCUT2D eigenvalue weighted by molar-refractivity contribution is 0.235. The molecule has 9 heteroatoms. The van der Waals surface area contributed by atoms with Crippen LogP contribution in [0.15, 0.2) is 38.6 Å². The van der Waals surface area contributed by atoms with Gasteiger partial charge in [0.15, 0.2) is 5.52 Å². The molecule has 3 aromatic rings. The Kier molecular flexibility index (Phi) is 6.43. The number of aromatic nitrogens is 4. The van der Waals surface area contributed by atoms with Crippen molar-refractivity contribution in [1.82, 2.24) is 19.1 Å². The fraction of sp³-hybridized carbons (Fsp3) is 0.478. The number of nitrogens with zero attached hydrogens (tertiary/aromatic N) is 3. The van der Waals surface area contributed by atoms with Gasteiger partial charge in [-0.25, -0.2) is 4.79 Å². The molecule has 1 aliphatic rings. The first-order chi connectivity index (χ1) is 15.5. The van der Waals surface area contributed by atoms with Crippen LogP contribution in [0.5, 0.6) is 11.8 Å². The van der Waals surface area contributed by atoms with Crippen LogP contribution in [0.3, 0.4) is 0 Å². The first-order valence-corrected chi connectivity index (χ1v) is 11.0. The fourth-order valence-electron chi connectivity index (χ4n) is 3.87. The summed E-state index contributed by atoms with van der Waals surface area (Å²) in [5.74, 6) is 1.37. The largest absolute Gasteiger partial charge is 0.493 e. The molecule has 0 saturated heterocycles. The van der Waals surface area contributed by atoms with E-state index in [2.05, 4.69) is 9.97 Å². The van der Waals surface area contributed by atoms with Crippen LogP contribution >= 0.6 is 0 Å². The molecule has 1 saturated carbocycles. The maximum absolute atomic E-state index is 12.8. The first kappa shape index (κ1) is 21.9. The molecule has 1 aliphatic carbocycles. The van der Waals surface area contributed by atoms with E-state index in [1.54, 1.807) is 0 Å². The van der Waals surface area contributed by atoms with E-state index in [-0.39, 0.29) is 23.7 Å². The lowest BCUT2D eigenvalue weighted by Gasteiger charge is -2.25. The molecule has 1 aromatic carbocycles. The number of aromatic amines is 1. The number of nitrogens with one attached hydrogen (secondary N) is 1. The average Bonchev–Trinajstić information content (AvgIpc) is 2.74. The third kappa shape index (κ3) is 4.46. The Morgan fingerprint density at radius 1 is 1.12 bits per heavy atom. The molecule has 0 spiro atoms. The minimum absolute atomic E-state index is 0.00709. The lowest BCUT2D eigenvalue weighted by atomic mass is 9.83. The van der Waals surface area contributed by atoms with Gasteiger partial charge < -0.3 is 9.47 Å². The number of fused-ring (bicyclic) bond motifs is 1. The molecule has 0 atom stereocenters. The van der Waals surface area contributed by atoms with Crippen molar-refractivity contribution in [2.24, 2.45) is 13.0 Å². The van der Waals surface area contributed by atoms with Crippen LogP contribution in [0.2, 0.25) is 0 Å². The van der Waals surface area contributed by atoms with E-state index in [9.17, 15) is 14.4 Å². The predicted octanol–water partition coefficient (Wildman–Crippen LogP) is 2.13. The molecule has 4 rings (SSSR count). The SMILES string of the molecule is Cc1ccccc1OCCCOc1nc2c(=O)n(C)c(=O)n(CCC3CCC3)c2c(=O)[nH]1. The maximum atomic E-state index is 12.8. The van der Waals surface area contributed by atoms with Gasteiger partial charge in [-0.2, -0.15) is 4.98 Å². The van der Waals surface area contributed by atoms with Gasteiger partial charge in [0.1, 0.15) is 11.3 Å². The number of benzene rings is 1. The summed E-state index contributed by atoms with van der Waals surface area (Å²) in [6.45, 7) is 3.05. The van der Waals surface area contributed by atoms with E-state index >= 15 is 0 Å². The average molecular weight is 441 g/mol. The van der Waals surface area contributed by atoms with Crippen molar-refractivity contribution in [2.45, 2.75) is 45.6 Å². The van der Waals surface area contributed by atoms with Crippen LogP contribution in [0.25, 0.3) is 11.0 Å². The Labute approximate surface area is 184 Å². The minimum atomic E-state index is -0.608. The van der Waals surface area contributed by atoms with Crippen molar-refractivity contribution >= 4 is 11.0 Å². The summed E-state index contributed by atoms with van der Waals surface area (Å²) in [6.07, 6.45) is 4.84. The molecule has 0 radical (unpaired) electrons. The first-order valence-electron chi connectivity index (χ1n) is 11.0. The standard InChI is InChI=1S/C23H28N4O5/c1-15-7-3-4-10-17(15)31-13-6-14-32-22-24-18-19(20(28)25-22)27(12-11-16-8-5-9-16)23(30)26(2)21(18)29/h3-4,7,10,16H,5-6,8-9,11-14H2,1-2H3,(H,24,25,28).